The molecule has 0 saturated heterocycles. The summed E-state index contributed by atoms with van der Waals surface area (Å²) in [6.45, 7) is 4.92. The Kier molecular flexibility index (Phi) is 29.4. The van der Waals surface area contributed by atoms with Crippen LogP contribution in [0.25, 0.3) is 0 Å². The van der Waals surface area contributed by atoms with Crippen LogP contribution < -0.4 is 0 Å². The number of unbranched alkanes of at least 4 members (excludes halogenated alkanes) is 28. The molecule has 2 unspecified atom stereocenters. The van der Waals surface area contributed by atoms with Gasteiger partial charge in [-0.25, -0.2) is 4.39 Å². The zero-order valence-electron chi connectivity index (χ0n) is 41.9. The monoisotopic (exact) mass is 904 g/mol. The van der Waals surface area contributed by atoms with Crippen molar-refractivity contribution in [3.05, 3.63) is 70.5 Å². The van der Waals surface area contributed by atoms with Crippen LogP contribution in [0.15, 0.2) is 42.5 Å². The maximum atomic E-state index is 14.2. The maximum Gasteiger partial charge on any atom is 0.310 e. The fraction of sp³-hybridized carbons (Fsp3) is 0.737. The molecule has 1 aliphatic heterocycles. The largest absolute Gasteiger partial charge is 0.415 e. The van der Waals surface area contributed by atoms with Gasteiger partial charge in [-0.3, -0.25) is 14.1 Å². The first-order valence-electron chi connectivity index (χ1n) is 26.8. The Bertz CT molecular complexity index is 1610. The van der Waals surface area contributed by atoms with Gasteiger partial charge in [0.2, 0.25) is 13.0 Å². The van der Waals surface area contributed by atoms with Gasteiger partial charge in [-0.2, -0.15) is 5.26 Å². The molecule has 0 amide bonds. The van der Waals surface area contributed by atoms with E-state index < -0.39 is 11.8 Å². The first-order chi connectivity index (χ1) is 31.6. The van der Waals surface area contributed by atoms with E-state index in [4.69, 9.17) is 14.2 Å². The number of nitrogens with zero attached hydrogens (tertiary/aromatic N) is 2. The molecule has 366 valence electrons. The Morgan fingerprint density at radius 1 is 0.646 bits per heavy atom. The van der Waals surface area contributed by atoms with Crippen molar-refractivity contribution in [3.8, 4) is 6.07 Å². The van der Waals surface area contributed by atoms with Gasteiger partial charge in [-0.05, 0) is 60.2 Å². The maximum absolute atomic E-state index is 14.2. The van der Waals surface area contributed by atoms with Crippen LogP contribution in [-0.4, -0.2) is 43.5 Å². The summed E-state index contributed by atoms with van der Waals surface area (Å²) >= 11 is 0. The van der Waals surface area contributed by atoms with Crippen LogP contribution in [0.1, 0.15) is 254 Å². The first-order valence-corrected chi connectivity index (χ1v) is 26.8. The number of fused-ring (bicyclic) bond motifs is 1. The summed E-state index contributed by atoms with van der Waals surface area (Å²) in [5, 5.41) is 9.60. The van der Waals surface area contributed by atoms with Crippen molar-refractivity contribution in [2.75, 3.05) is 20.8 Å². The smallest absolute Gasteiger partial charge is 0.310 e. The van der Waals surface area contributed by atoms with Gasteiger partial charge < -0.3 is 14.2 Å². The van der Waals surface area contributed by atoms with Gasteiger partial charge in [-0.15, -0.1) is 0 Å². The van der Waals surface area contributed by atoms with Crippen LogP contribution in [0.2, 0.25) is 0 Å². The van der Waals surface area contributed by atoms with Gasteiger partial charge >= 0.3 is 11.9 Å². The third kappa shape index (κ3) is 22.9. The van der Waals surface area contributed by atoms with Crippen LogP contribution in [-0.2, 0) is 36.0 Å². The van der Waals surface area contributed by atoms with E-state index >= 15 is 0 Å². The Morgan fingerprint density at radius 2 is 1.08 bits per heavy atom. The lowest BCUT2D eigenvalue weighted by Crippen LogP contribution is -2.53. The molecule has 2 aromatic rings. The molecule has 0 bridgehead atoms. The topological polar surface area (TPSA) is 85.6 Å². The van der Waals surface area contributed by atoms with Crippen molar-refractivity contribution in [2.45, 2.75) is 251 Å². The van der Waals surface area contributed by atoms with E-state index in [1.54, 1.807) is 18.2 Å². The van der Waals surface area contributed by atoms with Crippen molar-refractivity contribution in [1.29, 1.82) is 5.26 Å². The SMILES string of the molecule is CCCCCCCCCCCCCCCCCC(=O)OC[N+](C)(C)C(CCC1(c2ccc(F)cc2)OCc2cc(C#N)ccc21)OC(=O)CCCCCCCCCCCCCCCCC. The normalized spacial score (nSPS) is 15.1. The van der Waals surface area contributed by atoms with E-state index in [-0.39, 0.29) is 29.0 Å². The number of nitriles is 1. The lowest BCUT2D eigenvalue weighted by molar-refractivity contribution is -0.950. The number of hydrogen-bond donors (Lipinski definition) is 0. The highest BCUT2D eigenvalue weighted by Gasteiger charge is 2.44. The number of ether oxygens (including phenoxy) is 3. The first kappa shape index (κ1) is 56.0. The number of carbonyl (C=O) groups is 2. The summed E-state index contributed by atoms with van der Waals surface area (Å²) in [5.41, 5.74) is 2.25. The van der Waals surface area contributed by atoms with E-state index in [1.807, 2.05) is 26.2 Å². The van der Waals surface area contributed by atoms with Crippen LogP contribution in [0.5, 0.6) is 0 Å². The molecule has 0 radical (unpaired) electrons. The molecule has 8 heteroatoms. The van der Waals surface area contributed by atoms with Crippen LogP contribution >= 0.6 is 0 Å². The van der Waals surface area contributed by atoms with Crippen molar-refractivity contribution >= 4 is 11.9 Å². The number of carbonyl (C=O) groups excluding carboxylic acids is 2. The summed E-state index contributed by atoms with van der Waals surface area (Å²) in [4.78, 5) is 26.6. The Hall–Kier alpha value is -3.28. The average Bonchev–Trinajstić information content (AvgIpc) is 3.68. The molecule has 1 heterocycles. The summed E-state index contributed by atoms with van der Waals surface area (Å²) in [7, 11) is 3.89. The Labute approximate surface area is 396 Å². The number of esters is 2. The average molecular weight is 904 g/mol. The van der Waals surface area contributed by atoms with Gasteiger partial charge in [0.25, 0.3) is 0 Å². The molecule has 1 aliphatic rings. The molecule has 0 saturated carbocycles. The van der Waals surface area contributed by atoms with Gasteiger partial charge in [0, 0.05) is 19.3 Å². The lowest BCUT2D eigenvalue weighted by atomic mass is 9.81. The number of benzene rings is 2. The standard InChI is InChI=1S/C57H92FN2O5/c1-5-7-9-11-13-15-17-19-21-23-25-27-29-31-33-35-55(61)63-48-60(3,4)54(65-56(62)36-34-32-30-28-26-24-22-20-18-16-14-12-10-8-6-2)43-44-57(51-38-40-52(58)41-39-51)53-42-37-49(46-59)45-50(53)47-64-57/h37-42,45,54H,5-36,43-44,47-48H2,1-4H3/q+1. The van der Waals surface area contributed by atoms with E-state index in [0.29, 0.717) is 37.9 Å². The molecule has 3 rings (SSSR count). The minimum absolute atomic E-state index is 0.0704. The molecular weight excluding hydrogens is 812 g/mol. The highest BCUT2D eigenvalue weighted by atomic mass is 19.1. The zero-order valence-corrected chi connectivity index (χ0v) is 41.9. The Morgan fingerprint density at radius 3 is 1.52 bits per heavy atom. The van der Waals surface area contributed by atoms with Gasteiger partial charge in [0.15, 0.2) is 0 Å². The van der Waals surface area contributed by atoms with Gasteiger partial charge in [0.05, 0.1) is 32.3 Å². The summed E-state index contributed by atoms with van der Waals surface area (Å²) in [5.74, 6) is -0.809. The molecule has 0 aliphatic carbocycles. The fourth-order valence-corrected chi connectivity index (χ4v) is 9.53. The van der Waals surface area contributed by atoms with Gasteiger partial charge in [0.1, 0.15) is 11.4 Å². The summed E-state index contributed by atoms with van der Waals surface area (Å²) in [6.07, 6.45) is 38.9. The second-order valence-corrected chi connectivity index (χ2v) is 19.9. The highest BCUT2D eigenvalue weighted by molar-refractivity contribution is 5.69. The molecule has 0 fully saturated rings. The van der Waals surface area contributed by atoms with Crippen LogP contribution in [0.4, 0.5) is 4.39 Å². The second kappa shape index (κ2) is 34.1. The lowest BCUT2D eigenvalue weighted by Gasteiger charge is -2.38. The summed E-state index contributed by atoms with van der Waals surface area (Å²) in [6, 6.07) is 14.2. The zero-order chi connectivity index (χ0) is 46.9. The molecule has 65 heavy (non-hydrogen) atoms. The van der Waals surface area contributed by atoms with E-state index in [2.05, 4.69) is 19.9 Å². The van der Waals surface area contributed by atoms with E-state index in [9.17, 15) is 19.2 Å². The third-order valence-electron chi connectivity index (χ3n) is 13.8. The van der Waals surface area contributed by atoms with Crippen molar-refractivity contribution in [2.24, 2.45) is 0 Å². The second-order valence-electron chi connectivity index (χ2n) is 19.9. The predicted octanol–water partition coefficient (Wildman–Crippen LogP) is 16.2. The molecule has 0 N–H and O–H groups in total. The predicted molar refractivity (Wildman–Crippen MR) is 264 cm³/mol. The fourth-order valence-electron chi connectivity index (χ4n) is 9.53. The number of hydrogen-bond acceptors (Lipinski definition) is 6. The molecule has 0 spiro atoms. The molecule has 7 nitrogen and oxygen atoms in total. The molecule has 0 aromatic heterocycles. The third-order valence-corrected chi connectivity index (χ3v) is 13.8. The van der Waals surface area contributed by atoms with E-state index in [0.717, 1.165) is 55.2 Å². The highest BCUT2D eigenvalue weighted by Crippen LogP contribution is 2.46. The number of quaternary nitrogens is 1. The van der Waals surface area contributed by atoms with Crippen molar-refractivity contribution < 1.29 is 32.7 Å². The van der Waals surface area contributed by atoms with Crippen molar-refractivity contribution in [1.82, 2.24) is 0 Å². The minimum atomic E-state index is -0.930. The number of halogens is 1. The Balaban J connectivity index is 1.49. The minimum Gasteiger partial charge on any atom is -0.415 e. The quantitative estimate of drug-likeness (QED) is 0.0287. The van der Waals surface area contributed by atoms with Gasteiger partial charge in [-0.1, -0.05) is 212 Å². The molecule has 2 aromatic carbocycles. The van der Waals surface area contributed by atoms with Crippen LogP contribution in [0, 0.1) is 17.1 Å². The molecule has 2 atom stereocenters. The van der Waals surface area contributed by atoms with Crippen LogP contribution in [0.3, 0.4) is 0 Å². The summed E-state index contributed by atoms with van der Waals surface area (Å²) < 4.78 is 33.2. The van der Waals surface area contributed by atoms with E-state index in [1.165, 1.54) is 166 Å². The van der Waals surface area contributed by atoms with Crippen molar-refractivity contribution in [3.63, 3.8) is 0 Å². The molecular formula is C57H92FN2O5+. The number of rotatable bonds is 40.